The van der Waals surface area contributed by atoms with Gasteiger partial charge in [0.1, 0.15) is 0 Å². The monoisotopic (exact) mass is 195 g/mol. The summed E-state index contributed by atoms with van der Waals surface area (Å²) < 4.78 is 0. The summed E-state index contributed by atoms with van der Waals surface area (Å²) >= 11 is 0. The van der Waals surface area contributed by atoms with Crippen LogP contribution in [0.4, 0.5) is 0 Å². The number of hydrogen-bond acceptors (Lipinski definition) is 1. The van der Waals surface area contributed by atoms with Gasteiger partial charge in [0.2, 0.25) is 0 Å². The Balaban J connectivity index is 1.99. The molecule has 14 heavy (non-hydrogen) atoms. The minimum atomic E-state index is 0.510. The third kappa shape index (κ3) is 1.98. The largest absolute Gasteiger partial charge is 0.328 e. The molecule has 0 saturated heterocycles. The van der Waals surface area contributed by atoms with E-state index in [4.69, 9.17) is 5.73 Å². The van der Waals surface area contributed by atoms with Crippen molar-refractivity contribution in [3.05, 3.63) is 0 Å². The molecule has 82 valence electrons. The van der Waals surface area contributed by atoms with Crippen LogP contribution >= 0.6 is 0 Å². The molecule has 1 heteroatoms. The van der Waals surface area contributed by atoms with E-state index in [-0.39, 0.29) is 0 Å². The van der Waals surface area contributed by atoms with E-state index in [1.165, 1.54) is 38.5 Å². The summed E-state index contributed by atoms with van der Waals surface area (Å²) in [5.41, 5.74) is 6.10. The SMILES string of the molecule is CC(C)C1CCC(N)CC1C1CCC1. The second kappa shape index (κ2) is 4.22. The van der Waals surface area contributed by atoms with Crippen molar-refractivity contribution >= 4 is 0 Å². The summed E-state index contributed by atoms with van der Waals surface area (Å²) in [6.07, 6.45) is 8.42. The molecule has 0 aliphatic heterocycles. The van der Waals surface area contributed by atoms with Crippen LogP contribution in [0.25, 0.3) is 0 Å². The van der Waals surface area contributed by atoms with Gasteiger partial charge in [0.05, 0.1) is 0 Å². The molecule has 0 bridgehead atoms. The average molecular weight is 195 g/mol. The van der Waals surface area contributed by atoms with Gasteiger partial charge in [-0.05, 0) is 42.9 Å². The molecule has 0 heterocycles. The Morgan fingerprint density at radius 2 is 1.79 bits per heavy atom. The van der Waals surface area contributed by atoms with Crippen molar-refractivity contribution in [2.75, 3.05) is 0 Å². The second-order valence-corrected chi connectivity index (χ2v) is 5.84. The number of nitrogens with two attached hydrogens (primary N) is 1. The predicted octanol–water partition coefficient (Wildman–Crippen LogP) is 3.19. The number of hydrogen-bond donors (Lipinski definition) is 1. The average Bonchev–Trinajstić information content (AvgIpc) is 2.00. The second-order valence-electron chi connectivity index (χ2n) is 5.84. The Hall–Kier alpha value is -0.0400. The van der Waals surface area contributed by atoms with Crippen LogP contribution in [0.15, 0.2) is 0 Å². The topological polar surface area (TPSA) is 26.0 Å². The minimum Gasteiger partial charge on any atom is -0.328 e. The zero-order valence-corrected chi connectivity index (χ0v) is 9.71. The van der Waals surface area contributed by atoms with Gasteiger partial charge < -0.3 is 5.73 Å². The Kier molecular flexibility index (Phi) is 3.16. The summed E-state index contributed by atoms with van der Waals surface area (Å²) in [7, 11) is 0. The lowest BCUT2D eigenvalue weighted by atomic mass is 9.62. The Morgan fingerprint density at radius 3 is 2.29 bits per heavy atom. The van der Waals surface area contributed by atoms with Gasteiger partial charge in [-0.2, -0.15) is 0 Å². The molecular weight excluding hydrogens is 170 g/mol. The van der Waals surface area contributed by atoms with Crippen molar-refractivity contribution in [3.63, 3.8) is 0 Å². The van der Waals surface area contributed by atoms with E-state index in [2.05, 4.69) is 13.8 Å². The van der Waals surface area contributed by atoms with Gasteiger partial charge in [-0.25, -0.2) is 0 Å². The predicted molar refractivity (Wildman–Crippen MR) is 61.0 cm³/mol. The van der Waals surface area contributed by atoms with Crippen molar-refractivity contribution in [1.29, 1.82) is 0 Å². The molecule has 0 spiro atoms. The van der Waals surface area contributed by atoms with Crippen molar-refractivity contribution in [2.45, 2.75) is 58.4 Å². The molecule has 3 unspecified atom stereocenters. The molecule has 0 aromatic rings. The third-order valence-electron chi connectivity index (χ3n) is 4.61. The van der Waals surface area contributed by atoms with E-state index in [1.807, 2.05) is 0 Å². The maximum atomic E-state index is 6.10. The molecule has 0 aromatic heterocycles. The molecule has 0 amide bonds. The van der Waals surface area contributed by atoms with Gasteiger partial charge in [-0.15, -0.1) is 0 Å². The van der Waals surface area contributed by atoms with E-state index >= 15 is 0 Å². The Bertz CT molecular complexity index is 184. The van der Waals surface area contributed by atoms with Crippen LogP contribution in [0.2, 0.25) is 0 Å². The highest BCUT2D eigenvalue weighted by Gasteiger charge is 2.37. The van der Waals surface area contributed by atoms with Crippen LogP contribution in [0.5, 0.6) is 0 Å². The molecule has 0 radical (unpaired) electrons. The highest BCUT2D eigenvalue weighted by atomic mass is 14.7. The Morgan fingerprint density at radius 1 is 1.07 bits per heavy atom. The molecule has 2 aliphatic carbocycles. The van der Waals surface area contributed by atoms with Crippen LogP contribution in [0.3, 0.4) is 0 Å². The molecule has 2 fully saturated rings. The van der Waals surface area contributed by atoms with Crippen molar-refractivity contribution < 1.29 is 0 Å². The maximum Gasteiger partial charge on any atom is 0.00417 e. The lowest BCUT2D eigenvalue weighted by Gasteiger charge is -2.45. The fourth-order valence-corrected chi connectivity index (χ4v) is 3.50. The minimum absolute atomic E-state index is 0.510. The third-order valence-corrected chi connectivity index (χ3v) is 4.61. The first-order valence-corrected chi connectivity index (χ1v) is 6.44. The highest BCUT2D eigenvalue weighted by molar-refractivity contribution is 4.90. The van der Waals surface area contributed by atoms with Gasteiger partial charge in [0.25, 0.3) is 0 Å². The Labute approximate surface area is 88.4 Å². The lowest BCUT2D eigenvalue weighted by Crippen LogP contribution is -2.40. The lowest BCUT2D eigenvalue weighted by molar-refractivity contribution is 0.0666. The molecule has 3 atom stereocenters. The summed E-state index contributed by atoms with van der Waals surface area (Å²) in [4.78, 5) is 0. The van der Waals surface area contributed by atoms with E-state index in [0.29, 0.717) is 6.04 Å². The van der Waals surface area contributed by atoms with Gasteiger partial charge >= 0.3 is 0 Å². The summed E-state index contributed by atoms with van der Waals surface area (Å²) in [6.45, 7) is 4.79. The van der Waals surface area contributed by atoms with Crippen LogP contribution < -0.4 is 5.73 Å². The van der Waals surface area contributed by atoms with E-state index in [1.54, 1.807) is 0 Å². The molecule has 2 saturated carbocycles. The van der Waals surface area contributed by atoms with Crippen molar-refractivity contribution in [1.82, 2.24) is 0 Å². The molecule has 1 nitrogen and oxygen atoms in total. The van der Waals surface area contributed by atoms with Gasteiger partial charge in [0.15, 0.2) is 0 Å². The van der Waals surface area contributed by atoms with Gasteiger partial charge in [-0.1, -0.05) is 33.1 Å². The highest BCUT2D eigenvalue weighted by Crippen LogP contribution is 2.46. The fraction of sp³-hybridized carbons (Fsp3) is 1.00. The first-order valence-electron chi connectivity index (χ1n) is 6.44. The summed E-state index contributed by atoms with van der Waals surface area (Å²) in [6, 6.07) is 0.510. The van der Waals surface area contributed by atoms with E-state index in [9.17, 15) is 0 Å². The van der Waals surface area contributed by atoms with Gasteiger partial charge in [-0.3, -0.25) is 0 Å². The van der Waals surface area contributed by atoms with Crippen molar-refractivity contribution in [2.24, 2.45) is 29.4 Å². The van der Waals surface area contributed by atoms with E-state index < -0.39 is 0 Å². The zero-order chi connectivity index (χ0) is 10.1. The standard InChI is InChI=1S/C13H25N/c1-9(2)12-7-6-11(14)8-13(12)10-4-3-5-10/h9-13H,3-8,14H2,1-2H3. The van der Waals surface area contributed by atoms with Crippen LogP contribution in [0.1, 0.15) is 52.4 Å². The molecule has 2 N–H and O–H groups in total. The fourth-order valence-electron chi connectivity index (χ4n) is 3.50. The summed E-state index contributed by atoms with van der Waals surface area (Å²) in [5.74, 6) is 3.84. The quantitative estimate of drug-likeness (QED) is 0.719. The van der Waals surface area contributed by atoms with Gasteiger partial charge in [0, 0.05) is 6.04 Å². The van der Waals surface area contributed by atoms with Crippen LogP contribution in [-0.2, 0) is 0 Å². The molecule has 0 aromatic carbocycles. The zero-order valence-electron chi connectivity index (χ0n) is 9.71. The smallest absolute Gasteiger partial charge is 0.00417 e. The molecule has 2 aliphatic rings. The molecule has 2 rings (SSSR count). The van der Waals surface area contributed by atoms with Crippen LogP contribution in [-0.4, -0.2) is 6.04 Å². The number of rotatable bonds is 2. The van der Waals surface area contributed by atoms with Crippen LogP contribution in [0, 0.1) is 23.7 Å². The first-order chi connectivity index (χ1) is 6.68. The first kappa shape index (κ1) is 10.5. The summed E-state index contributed by atoms with van der Waals surface area (Å²) in [5, 5.41) is 0. The molecular formula is C13H25N. The normalized spacial score (nSPS) is 39.9. The maximum absolute atomic E-state index is 6.10. The van der Waals surface area contributed by atoms with Crippen molar-refractivity contribution in [3.8, 4) is 0 Å². The van der Waals surface area contributed by atoms with E-state index in [0.717, 1.165) is 23.7 Å².